The summed E-state index contributed by atoms with van der Waals surface area (Å²) in [6, 6.07) is 7.62. The second kappa shape index (κ2) is 5.93. The minimum absolute atomic E-state index is 0.161. The molecule has 3 rings (SSSR count). The molecule has 0 saturated heterocycles. The Bertz CT molecular complexity index is 860. The van der Waals surface area contributed by atoms with E-state index in [2.05, 4.69) is 15.0 Å². The van der Waals surface area contributed by atoms with E-state index >= 15 is 0 Å². The van der Waals surface area contributed by atoms with Crippen LogP contribution in [0, 0.1) is 6.92 Å². The molecule has 0 aliphatic rings. The Hall–Kier alpha value is -2.76. The van der Waals surface area contributed by atoms with Gasteiger partial charge in [0.2, 0.25) is 0 Å². The van der Waals surface area contributed by atoms with Crippen molar-refractivity contribution >= 4 is 11.2 Å². The largest absolute Gasteiger partial charge is 0.491 e. The lowest BCUT2D eigenvalue weighted by Gasteiger charge is -2.16. The molecule has 2 heterocycles. The van der Waals surface area contributed by atoms with Gasteiger partial charge in [-0.05, 0) is 25.5 Å². The van der Waals surface area contributed by atoms with Crippen molar-refractivity contribution < 1.29 is 4.74 Å². The summed E-state index contributed by atoms with van der Waals surface area (Å²) >= 11 is 0. The second-order valence-corrected chi connectivity index (χ2v) is 5.11. The van der Waals surface area contributed by atoms with Crippen molar-refractivity contribution in [1.29, 1.82) is 0 Å². The van der Waals surface area contributed by atoms with Gasteiger partial charge in [-0.25, -0.2) is 15.0 Å². The summed E-state index contributed by atoms with van der Waals surface area (Å²) in [7, 11) is 0. The smallest absolute Gasteiger partial charge is 0.281 e. The van der Waals surface area contributed by atoms with E-state index in [1.165, 1.54) is 23.3 Å². The molecular weight excluding hydrogens is 280 g/mol. The fourth-order valence-corrected chi connectivity index (χ4v) is 2.19. The van der Waals surface area contributed by atoms with Crippen molar-refractivity contribution in [2.45, 2.75) is 19.9 Å². The molecule has 0 unspecified atom stereocenters. The van der Waals surface area contributed by atoms with Crippen LogP contribution in [0.1, 0.15) is 18.5 Å². The van der Waals surface area contributed by atoms with E-state index in [1.807, 2.05) is 38.1 Å². The molecule has 0 bridgehead atoms. The molecular formula is C16H16N4O2. The number of aryl methyl sites for hydroxylation is 1. The Kier molecular flexibility index (Phi) is 3.82. The zero-order valence-corrected chi connectivity index (χ0v) is 12.4. The van der Waals surface area contributed by atoms with Gasteiger partial charge in [-0.15, -0.1) is 0 Å². The highest BCUT2D eigenvalue weighted by Crippen LogP contribution is 2.17. The molecule has 0 amide bonds. The summed E-state index contributed by atoms with van der Waals surface area (Å²) in [5, 5.41) is 0. The van der Waals surface area contributed by atoms with Gasteiger partial charge in [-0.2, -0.15) is 0 Å². The lowest BCUT2D eigenvalue weighted by molar-refractivity contribution is 0.256. The number of hydrogen-bond acceptors (Lipinski definition) is 5. The molecule has 112 valence electrons. The summed E-state index contributed by atoms with van der Waals surface area (Å²) < 4.78 is 7.32. The van der Waals surface area contributed by atoms with Gasteiger partial charge >= 0.3 is 0 Å². The maximum absolute atomic E-state index is 12.4. The van der Waals surface area contributed by atoms with Gasteiger partial charge in [0.15, 0.2) is 11.2 Å². The van der Waals surface area contributed by atoms with Gasteiger partial charge in [0.1, 0.15) is 18.7 Å². The highest BCUT2D eigenvalue weighted by atomic mass is 16.5. The highest BCUT2D eigenvalue weighted by Gasteiger charge is 2.12. The summed E-state index contributed by atoms with van der Waals surface area (Å²) in [4.78, 5) is 24.7. The van der Waals surface area contributed by atoms with Crippen molar-refractivity contribution in [2.24, 2.45) is 0 Å². The molecule has 0 spiro atoms. The maximum atomic E-state index is 12.4. The second-order valence-electron chi connectivity index (χ2n) is 5.11. The average Bonchev–Trinajstić information content (AvgIpc) is 2.54. The van der Waals surface area contributed by atoms with Crippen molar-refractivity contribution in [1.82, 2.24) is 19.5 Å². The van der Waals surface area contributed by atoms with E-state index in [0.29, 0.717) is 12.3 Å². The zero-order chi connectivity index (χ0) is 15.5. The minimum Gasteiger partial charge on any atom is -0.491 e. The van der Waals surface area contributed by atoms with E-state index in [9.17, 15) is 4.79 Å². The molecule has 0 saturated carbocycles. The molecule has 3 aromatic rings. The normalized spacial score (nSPS) is 12.3. The highest BCUT2D eigenvalue weighted by molar-refractivity contribution is 5.66. The third-order valence-corrected chi connectivity index (χ3v) is 3.47. The van der Waals surface area contributed by atoms with Crippen LogP contribution < -0.4 is 10.3 Å². The van der Waals surface area contributed by atoms with Crippen LogP contribution in [0.4, 0.5) is 0 Å². The number of hydrogen-bond donors (Lipinski definition) is 0. The number of fused-ring (bicyclic) bond motifs is 1. The molecule has 0 N–H and O–H groups in total. The standard InChI is InChI=1S/C16H16N4O2/c1-11-5-3-4-6-13(11)22-9-12(2)20-10-19-15-14(16(20)21)17-7-8-18-15/h3-8,10,12H,9H2,1-2H3/t12-/m1/s1. The molecule has 0 fully saturated rings. The van der Waals surface area contributed by atoms with Crippen LogP contribution in [0.2, 0.25) is 0 Å². The van der Waals surface area contributed by atoms with E-state index in [0.717, 1.165) is 11.3 Å². The fraction of sp³-hybridized carbons (Fsp3) is 0.250. The molecule has 2 aromatic heterocycles. The number of nitrogens with zero attached hydrogens (tertiary/aromatic N) is 4. The van der Waals surface area contributed by atoms with E-state index < -0.39 is 0 Å². The summed E-state index contributed by atoms with van der Waals surface area (Å²) in [5.74, 6) is 0.816. The van der Waals surface area contributed by atoms with Gasteiger partial charge in [-0.1, -0.05) is 18.2 Å². The van der Waals surface area contributed by atoms with E-state index in [1.54, 1.807) is 0 Å². The Morgan fingerprint density at radius 2 is 1.95 bits per heavy atom. The summed E-state index contributed by atoms with van der Waals surface area (Å²) in [6.45, 7) is 4.26. The van der Waals surface area contributed by atoms with Gasteiger partial charge in [0, 0.05) is 12.4 Å². The SMILES string of the molecule is Cc1ccccc1OC[C@@H](C)n1cnc2nccnc2c1=O. The fourth-order valence-electron chi connectivity index (χ4n) is 2.19. The average molecular weight is 296 g/mol. The molecule has 1 atom stereocenters. The van der Waals surface area contributed by atoms with Crippen LogP contribution >= 0.6 is 0 Å². The molecule has 22 heavy (non-hydrogen) atoms. The minimum atomic E-state index is -0.209. The monoisotopic (exact) mass is 296 g/mol. The van der Waals surface area contributed by atoms with Gasteiger partial charge in [0.05, 0.1) is 6.04 Å². The first-order valence-corrected chi connectivity index (χ1v) is 7.03. The summed E-state index contributed by atoms with van der Waals surface area (Å²) in [6.07, 6.45) is 4.50. The molecule has 0 aliphatic carbocycles. The topological polar surface area (TPSA) is 69.9 Å². The van der Waals surface area contributed by atoms with Crippen LogP contribution in [0.5, 0.6) is 5.75 Å². The van der Waals surface area contributed by atoms with Gasteiger partial charge < -0.3 is 4.74 Å². The molecule has 6 nitrogen and oxygen atoms in total. The lowest BCUT2D eigenvalue weighted by atomic mass is 10.2. The van der Waals surface area contributed by atoms with E-state index in [-0.39, 0.29) is 17.1 Å². The Balaban J connectivity index is 1.84. The quantitative estimate of drug-likeness (QED) is 0.737. The predicted octanol–water partition coefficient (Wildman–Crippen LogP) is 2.13. The van der Waals surface area contributed by atoms with Crippen LogP contribution in [0.15, 0.2) is 47.8 Å². The maximum Gasteiger partial charge on any atom is 0.281 e. The van der Waals surface area contributed by atoms with Crippen LogP contribution in [-0.4, -0.2) is 26.1 Å². The first-order valence-electron chi connectivity index (χ1n) is 7.03. The molecule has 1 aromatic carbocycles. The first-order chi connectivity index (χ1) is 10.7. The molecule has 0 radical (unpaired) electrons. The Labute approximate surface area is 127 Å². The number of para-hydroxylation sites is 1. The number of aromatic nitrogens is 4. The third kappa shape index (κ3) is 2.67. The van der Waals surface area contributed by atoms with Crippen molar-refractivity contribution in [3.8, 4) is 5.75 Å². The van der Waals surface area contributed by atoms with Gasteiger partial charge in [0.25, 0.3) is 5.56 Å². The van der Waals surface area contributed by atoms with Crippen LogP contribution in [0.25, 0.3) is 11.2 Å². The third-order valence-electron chi connectivity index (χ3n) is 3.47. The number of rotatable bonds is 4. The Morgan fingerprint density at radius 1 is 1.18 bits per heavy atom. The van der Waals surface area contributed by atoms with Crippen molar-refractivity contribution in [2.75, 3.05) is 6.61 Å². The van der Waals surface area contributed by atoms with Crippen LogP contribution in [-0.2, 0) is 0 Å². The van der Waals surface area contributed by atoms with Crippen LogP contribution in [0.3, 0.4) is 0 Å². The zero-order valence-electron chi connectivity index (χ0n) is 12.4. The Morgan fingerprint density at radius 3 is 2.77 bits per heavy atom. The number of ether oxygens (including phenoxy) is 1. The predicted molar refractivity (Wildman–Crippen MR) is 83.0 cm³/mol. The lowest BCUT2D eigenvalue weighted by Crippen LogP contribution is -2.28. The van der Waals surface area contributed by atoms with Crippen molar-refractivity contribution in [3.63, 3.8) is 0 Å². The number of benzene rings is 1. The molecule has 0 aliphatic heterocycles. The van der Waals surface area contributed by atoms with Crippen molar-refractivity contribution in [3.05, 3.63) is 58.9 Å². The van der Waals surface area contributed by atoms with Gasteiger partial charge in [-0.3, -0.25) is 9.36 Å². The molecule has 6 heteroatoms. The van der Waals surface area contributed by atoms with E-state index in [4.69, 9.17) is 4.74 Å². The summed E-state index contributed by atoms with van der Waals surface area (Å²) in [5.41, 5.74) is 1.48. The first kappa shape index (κ1) is 14.2.